The predicted molar refractivity (Wildman–Crippen MR) is 61.9 cm³/mol. The third-order valence-corrected chi connectivity index (χ3v) is 2.25. The van der Waals surface area contributed by atoms with Crippen LogP contribution in [0.4, 0.5) is 0 Å². The van der Waals surface area contributed by atoms with Crippen LogP contribution in [-0.4, -0.2) is 22.1 Å². The summed E-state index contributed by atoms with van der Waals surface area (Å²) in [6.07, 6.45) is 3.08. The monoisotopic (exact) mass is 240 g/mol. The lowest BCUT2D eigenvalue weighted by Crippen LogP contribution is -2.33. The summed E-state index contributed by atoms with van der Waals surface area (Å²) in [5.41, 5.74) is -0.662. The van der Waals surface area contributed by atoms with Crippen LogP contribution in [0.2, 0.25) is 0 Å². The molecule has 6 nitrogen and oxygen atoms in total. The maximum atomic E-state index is 11.4. The van der Waals surface area contributed by atoms with E-state index in [1.807, 2.05) is 6.92 Å². The highest BCUT2D eigenvalue weighted by atomic mass is 16.5. The van der Waals surface area contributed by atoms with E-state index in [4.69, 9.17) is 4.74 Å². The van der Waals surface area contributed by atoms with Gasteiger partial charge in [-0.25, -0.2) is 4.79 Å². The Balaban J connectivity index is 2.69. The van der Waals surface area contributed by atoms with Crippen molar-refractivity contribution in [3.05, 3.63) is 32.6 Å². The number of esters is 1. The molecule has 0 aliphatic rings. The number of carbonyl (C=O) groups is 1. The van der Waals surface area contributed by atoms with E-state index < -0.39 is 17.2 Å². The van der Waals surface area contributed by atoms with Crippen molar-refractivity contribution >= 4 is 5.97 Å². The molecule has 0 saturated heterocycles. The van der Waals surface area contributed by atoms with Gasteiger partial charge in [0.1, 0.15) is 6.54 Å². The van der Waals surface area contributed by atoms with Crippen molar-refractivity contribution in [1.82, 2.24) is 9.55 Å². The van der Waals surface area contributed by atoms with Crippen LogP contribution in [0, 0.1) is 6.92 Å². The van der Waals surface area contributed by atoms with Crippen molar-refractivity contribution in [2.75, 3.05) is 6.61 Å². The van der Waals surface area contributed by atoms with Crippen LogP contribution >= 0.6 is 0 Å². The van der Waals surface area contributed by atoms with Crippen molar-refractivity contribution < 1.29 is 9.53 Å². The van der Waals surface area contributed by atoms with Gasteiger partial charge in [-0.05, 0) is 13.3 Å². The molecule has 1 N–H and O–H groups in total. The van der Waals surface area contributed by atoms with Crippen molar-refractivity contribution in [2.45, 2.75) is 33.2 Å². The Morgan fingerprint density at radius 3 is 2.82 bits per heavy atom. The molecule has 1 rings (SSSR count). The molecule has 17 heavy (non-hydrogen) atoms. The summed E-state index contributed by atoms with van der Waals surface area (Å²) < 4.78 is 6.05. The first-order valence-electron chi connectivity index (χ1n) is 5.50. The Morgan fingerprint density at radius 1 is 1.47 bits per heavy atom. The Morgan fingerprint density at radius 2 is 2.18 bits per heavy atom. The number of unbranched alkanes of at least 4 members (excludes halogenated alkanes) is 1. The number of nitrogens with zero attached hydrogens (tertiary/aromatic N) is 1. The smallest absolute Gasteiger partial charge is 0.328 e. The molecular formula is C11H16N2O4. The number of aromatic nitrogens is 2. The maximum Gasteiger partial charge on any atom is 0.328 e. The van der Waals surface area contributed by atoms with E-state index in [-0.39, 0.29) is 6.54 Å². The third kappa shape index (κ3) is 3.90. The maximum absolute atomic E-state index is 11.4. The zero-order valence-corrected chi connectivity index (χ0v) is 9.99. The molecule has 1 aromatic heterocycles. The molecule has 0 unspecified atom stereocenters. The standard InChI is InChI=1S/C11H16N2O4/c1-3-4-5-17-9(14)7-13-6-8(2)10(15)12-11(13)16/h6H,3-5,7H2,1-2H3,(H,12,15,16). The average molecular weight is 240 g/mol. The van der Waals surface area contributed by atoms with E-state index in [1.54, 1.807) is 6.92 Å². The molecule has 0 bridgehead atoms. The van der Waals surface area contributed by atoms with E-state index in [0.29, 0.717) is 12.2 Å². The summed E-state index contributed by atoms with van der Waals surface area (Å²) in [7, 11) is 0. The minimum Gasteiger partial charge on any atom is -0.464 e. The number of rotatable bonds is 5. The van der Waals surface area contributed by atoms with Crippen molar-refractivity contribution in [2.24, 2.45) is 0 Å². The lowest BCUT2D eigenvalue weighted by molar-refractivity contribution is -0.144. The normalized spacial score (nSPS) is 10.2. The minimum atomic E-state index is -0.604. The van der Waals surface area contributed by atoms with Crippen LogP contribution in [0.15, 0.2) is 15.8 Å². The van der Waals surface area contributed by atoms with Crippen LogP contribution < -0.4 is 11.2 Å². The Bertz CT molecular complexity index is 501. The zero-order chi connectivity index (χ0) is 12.8. The number of hydrogen-bond donors (Lipinski definition) is 1. The molecule has 0 radical (unpaired) electrons. The van der Waals surface area contributed by atoms with Gasteiger partial charge in [0, 0.05) is 11.8 Å². The van der Waals surface area contributed by atoms with Crippen LogP contribution in [0.25, 0.3) is 0 Å². The van der Waals surface area contributed by atoms with Gasteiger partial charge in [-0.2, -0.15) is 0 Å². The highest BCUT2D eigenvalue weighted by Gasteiger charge is 2.07. The first-order chi connectivity index (χ1) is 8.04. The van der Waals surface area contributed by atoms with Gasteiger partial charge in [0.25, 0.3) is 5.56 Å². The molecule has 0 aromatic carbocycles. The molecule has 0 atom stereocenters. The second kappa shape index (κ2) is 6.03. The number of nitrogens with one attached hydrogen (secondary N) is 1. The largest absolute Gasteiger partial charge is 0.464 e. The van der Waals surface area contributed by atoms with E-state index in [9.17, 15) is 14.4 Å². The average Bonchev–Trinajstić information content (AvgIpc) is 2.26. The van der Waals surface area contributed by atoms with Gasteiger partial charge in [0.15, 0.2) is 0 Å². The molecule has 94 valence electrons. The van der Waals surface area contributed by atoms with Crippen molar-refractivity contribution in [3.8, 4) is 0 Å². The summed E-state index contributed by atoms with van der Waals surface area (Å²) in [6, 6.07) is 0. The quantitative estimate of drug-likeness (QED) is 0.588. The molecule has 1 heterocycles. The van der Waals surface area contributed by atoms with Crippen LogP contribution in [-0.2, 0) is 16.1 Å². The van der Waals surface area contributed by atoms with E-state index in [0.717, 1.165) is 17.4 Å². The van der Waals surface area contributed by atoms with Crippen molar-refractivity contribution in [3.63, 3.8) is 0 Å². The second-order valence-electron chi connectivity index (χ2n) is 3.77. The molecule has 0 aliphatic heterocycles. The molecule has 0 fully saturated rings. The number of aromatic amines is 1. The summed E-state index contributed by atoms with van der Waals surface area (Å²) >= 11 is 0. The number of hydrogen-bond acceptors (Lipinski definition) is 4. The molecule has 6 heteroatoms. The van der Waals surface area contributed by atoms with Crippen molar-refractivity contribution in [1.29, 1.82) is 0 Å². The van der Waals surface area contributed by atoms with Crippen LogP contribution in [0.3, 0.4) is 0 Å². The van der Waals surface area contributed by atoms with Gasteiger partial charge < -0.3 is 4.74 Å². The minimum absolute atomic E-state index is 0.180. The van der Waals surface area contributed by atoms with Gasteiger partial charge in [-0.3, -0.25) is 19.1 Å². The molecule has 0 aliphatic carbocycles. The number of H-pyrrole nitrogens is 1. The number of ether oxygens (including phenoxy) is 1. The summed E-state index contributed by atoms with van der Waals surface area (Å²) in [4.78, 5) is 35.9. The molecular weight excluding hydrogens is 224 g/mol. The SMILES string of the molecule is CCCCOC(=O)Cn1cc(C)c(=O)[nH]c1=O. The molecule has 0 spiro atoms. The van der Waals surface area contributed by atoms with E-state index in [2.05, 4.69) is 4.98 Å². The lowest BCUT2D eigenvalue weighted by atomic mass is 10.4. The Kier molecular flexibility index (Phi) is 4.68. The van der Waals surface area contributed by atoms with Crippen LogP contribution in [0.1, 0.15) is 25.3 Å². The zero-order valence-electron chi connectivity index (χ0n) is 9.99. The Labute approximate surface area is 98.2 Å². The van der Waals surface area contributed by atoms with Gasteiger partial charge in [-0.15, -0.1) is 0 Å². The summed E-state index contributed by atoms with van der Waals surface area (Å²) in [6.45, 7) is 3.73. The summed E-state index contributed by atoms with van der Waals surface area (Å²) in [5.74, 6) is -0.480. The predicted octanol–water partition coefficient (Wildman–Crippen LogP) is 0.188. The van der Waals surface area contributed by atoms with Gasteiger partial charge in [0.05, 0.1) is 6.61 Å². The number of carbonyl (C=O) groups excluding carboxylic acids is 1. The van der Waals surface area contributed by atoms with Gasteiger partial charge in [-0.1, -0.05) is 13.3 Å². The third-order valence-electron chi connectivity index (χ3n) is 2.25. The summed E-state index contributed by atoms with van der Waals surface area (Å²) in [5, 5.41) is 0. The van der Waals surface area contributed by atoms with E-state index in [1.165, 1.54) is 6.20 Å². The highest BCUT2D eigenvalue weighted by Crippen LogP contribution is 1.91. The molecule has 1 aromatic rings. The van der Waals surface area contributed by atoms with Gasteiger partial charge in [0.2, 0.25) is 0 Å². The first kappa shape index (κ1) is 13.2. The second-order valence-corrected chi connectivity index (χ2v) is 3.77. The fourth-order valence-electron chi connectivity index (χ4n) is 1.25. The fraction of sp³-hybridized carbons (Fsp3) is 0.545. The number of aryl methyl sites for hydroxylation is 1. The lowest BCUT2D eigenvalue weighted by Gasteiger charge is -2.06. The highest BCUT2D eigenvalue weighted by molar-refractivity contribution is 5.69. The van der Waals surface area contributed by atoms with Crippen LogP contribution in [0.5, 0.6) is 0 Å². The topological polar surface area (TPSA) is 81.2 Å². The first-order valence-corrected chi connectivity index (χ1v) is 5.50. The molecule has 0 amide bonds. The Hall–Kier alpha value is -1.85. The fourth-order valence-corrected chi connectivity index (χ4v) is 1.25. The molecule has 0 saturated carbocycles. The van der Waals surface area contributed by atoms with Gasteiger partial charge >= 0.3 is 11.7 Å². The van der Waals surface area contributed by atoms with E-state index >= 15 is 0 Å².